The van der Waals surface area contributed by atoms with Crippen molar-refractivity contribution in [3.63, 3.8) is 0 Å². The summed E-state index contributed by atoms with van der Waals surface area (Å²) in [6, 6.07) is 9.84. The minimum absolute atomic E-state index is 0.102. The Morgan fingerprint density at radius 2 is 1.94 bits per heavy atom. The summed E-state index contributed by atoms with van der Waals surface area (Å²) in [5.41, 5.74) is 7.48. The van der Waals surface area contributed by atoms with Crippen LogP contribution in [0.25, 0.3) is 0 Å². The molecule has 0 saturated carbocycles. The summed E-state index contributed by atoms with van der Waals surface area (Å²) in [6.45, 7) is 1.99. The van der Waals surface area contributed by atoms with Crippen LogP contribution in [0.5, 0.6) is 0 Å². The first-order chi connectivity index (χ1) is 8.16. The van der Waals surface area contributed by atoms with E-state index >= 15 is 0 Å². The molecule has 0 unspecified atom stereocenters. The number of nitrogens with one attached hydrogen (secondary N) is 1. The molecule has 86 valence electrons. The van der Waals surface area contributed by atoms with Crippen LogP contribution in [0.15, 0.2) is 52.5 Å². The van der Waals surface area contributed by atoms with Crippen molar-refractivity contribution in [1.82, 2.24) is 4.98 Å². The zero-order chi connectivity index (χ0) is 12.3. The van der Waals surface area contributed by atoms with E-state index in [0.717, 1.165) is 20.9 Å². The molecule has 3 N–H and O–H groups in total. The van der Waals surface area contributed by atoms with Gasteiger partial charge in [0.05, 0.1) is 0 Å². The molecule has 1 heterocycles. The molecule has 1 aromatic heterocycles. The number of nitrogen functional groups attached to an aromatic ring is 1. The highest BCUT2D eigenvalue weighted by Gasteiger charge is 2.07. The standard InChI is InChI=1S/C13H13N3S/c1-9-2-3-12(11(8-9)13(14)15)17-10-4-6-16-7-5-10/h2-8H,1H3,(H3,14,15). The van der Waals surface area contributed by atoms with E-state index in [9.17, 15) is 0 Å². The van der Waals surface area contributed by atoms with Crippen molar-refractivity contribution in [3.05, 3.63) is 53.9 Å². The van der Waals surface area contributed by atoms with Gasteiger partial charge in [-0.05, 0) is 31.2 Å². The van der Waals surface area contributed by atoms with Gasteiger partial charge in [0.15, 0.2) is 0 Å². The molecule has 0 atom stereocenters. The third-order valence-electron chi connectivity index (χ3n) is 2.30. The van der Waals surface area contributed by atoms with Gasteiger partial charge in [0.25, 0.3) is 0 Å². The summed E-state index contributed by atoms with van der Waals surface area (Å²) < 4.78 is 0. The molecule has 0 fully saturated rings. The minimum atomic E-state index is 0.102. The molecule has 0 aliphatic heterocycles. The van der Waals surface area contributed by atoms with Crippen molar-refractivity contribution in [3.8, 4) is 0 Å². The topological polar surface area (TPSA) is 62.8 Å². The Hall–Kier alpha value is -1.81. The highest BCUT2D eigenvalue weighted by molar-refractivity contribution is 7.99. The van der Waals surface area contributed by atoms with E-state index in [4.69, 9.17) is 11.1 Å². The van der Waals surface area contributed by atoms with E-state index in [1.165, 1.54) is 0 Å². The van der Waals surface area contributed by atoms with E-state index < -0.39 is 0 Å². The lowest BCUT2D eigenvalue weighted by Crippen LogP contribution is -2.12. The number of nitrogens with zero attached hydrogens (tertiary/aromatic N) is 1. The molecule has 0 radical (unpaired) electrons. The number of amidine groups is 1. The van der Waals surface area contributed by atoms with Crippen LogP contribution in [-0.4, -0.2) is 10.8 Å². The first kappa shape index (κ1) is 11.7. The number of nitrogens with two attached hydrogens (primary N) is 1. The number of aryl methyl sites for hydroxylation is 1. The molecule has 2 aromatic rings. The van der Waals surface area contributed by atoms with Gasteiger partial charge in [0.2, 0.25) is 0 Å². The summed E-state index contributed by atoms with van der Waals surface area (Å²) in [6.07, 6.45) is 3.51. The third kappa shape index (κ3) is 2.85. The van der Waals surface area contributed by atoms with Gasteiger partial charge < -0.3 is 5.73 Å². The fourth-order valence-corrected chi connectivity index (χ4v) is 2.40. The minimum Gasteiger partial charge on any atom is -0.384 e. The predicted octanol–water partition coefficient (Wildman–Crippen LogP) is 2.83. The van der Waals surface area contributed by atoms with Crippen molar-refractivity contribution in [2.75, 3.05) is 0 Å². The van der Waals surface area contributed by atoms with Crippen LogP contribution in [0.4, 0.5) is 0 Å². The maximum atomic E-state index is 7.59. The molecule has 0 aliphatic rings. The average Bonchev–Trinajstić information content (AvgIpc) is 2.32. The van der Waals surface area contributed by atoms with Crippen LogP contribution in [0, 0.1) is 12.3 Å². The van der Waals surface area contributed by atoms with Crippen LogP contribution in [0.2, 0.25) is 0 Å². The smallest absolute Gasteiger partial charge is 0.123 e. The molecule has 17 heavy (non-hydrogen) atoms. The lowest BCUT2D eigenvalue weighted by molar-refractivity contribution is 1.25. The van der Waals surface area contributed by atoms with Crippen LogP contribution in [0.1, 0.15) is 11.1 Å². The maximum absolute atomic E-state index is 7.59. The predicted molar refractivity (Wildman–Crippen MR) is 70.6 cm³/mol. The molecular weight excluding hydrogens is 230 g/mol. The van der Waals surface area contributed by atoms with Gasteiger partial charge >= 0.3 is 0 Å². The van der Waals surface area contributed by atoms with Crippen LogP contribution in [0.3, 0.4) is 0 Å². The van der Waals surface area contributed by atoms with Crippen molar-refractivity contribution < 1.29 is 0 Å². The first-order valence-electron chi connectivity index (χ1n) is 5.20. The van der Waals surface area contributed by atoms with E-state index in [1.54, 1.807) is 24.2 Å². The molecule has 0 aliphatic carbocycles. The Morgan fingerprint density at radius 1 is 1.24 bits per heavy atom. The summed E-state index contributed by atoms with van der Waals surface area (Å²) in [4.78, 5) is 6.06. The number of benzene rings is 1. The first-order valence-corrected chi connectivity index (χ1v) is 6.01. The number of aromatic nitrogens is 1. The molecule has 0 amide bonds. The normalized spacial score (nSPS) is 10.2. The maximum Gasteiger partial charge on any atom is 0.123 e. The number of pyridine rings is 1. The number of hydrogen-bond donors (Lipinski definition) is 2. The summed E-state index contributed by atoms with van der Waals surface area (Å²) in [5.74, 6) is 0.102. The van der Waals surface area contributed by atoms with E-state index in [2.05, 4.69) is 4.98 Å². The van der Waals surface area contributed by atoms with Crippen molar-refractivity contribution in [2.24, 2.45) is 5.73 Å². The summed E-state index contributed by atoms with van der Waals surface area (Å²) >= 11 is 1.59. The highest BCUT2D eigenvalue weighted by Crippen LogP contribution is 2.30. The van der Waals surface area contributed by atoms with Gasteiger partial charge in [-0.2, -0.15) is 0 Å². The molecule has 2 rings (SSSR count). The third-order valence-corrected chi connectivity index (χ3v) is 3.39. The van der Waals surface area contributed by atoms with Gasteiger partial charge in [0, 0.05) is 27.7 Å². The van der Waals surface area contributed by atoms with Crippen molar-refractivity contribution >= 4 is 17.6 Å². The molecular formula is C13H13N3S. The van der Waals surface area contributed by atoms with Crippen molar-refractivity contribution in [2.45, 2.75) is 16.7 Å². The molecule has 1 aromatic carbocycles. The Morgan fingerprint density at radius 3 is 2.59 bits per heavy atom. The quantitative estimate of drug-likeness (QED) is 0.643. The lowest BCUT2D eigenvalue weighted by Gasteiger charge is -2.08. The van der Waals surface area contributed by atoms with Crippen LogP contribution in [-0.2, 0) is 0 Å². The van der Waals surface area contributed by atoms with Crippen LogP contribution >= 0.6 is 11.8 Å². The second-order valence-electron chi connectivity index (χ2n) is 3.70. The van der Waals surface area contributed by atoms with E-state index in [0.29, 0.717) is 0 Å². The zero-order valence-electron chi connectivity index (χ0n) is 9.47. The number of rotatable bonds is 3. The van der Waals surface area contributed by atoms with Gasteiger partial charge in [-0.25, -0.2) is 0 Å². The van der Waals surface area contributed by atoms with Gasteiger partial charge in [-0.15, -0.1) is 0 Å². The van der Waals surface area contributed by atoms with Crippen LogP contribution < -0.4 is 5.73 Å². The van der Waals surface area contributed by atoms with E-state index in [-0.39, 0.29) is 5.84 Å². The zero-order valence-corrected chi connectivity index (χ0v) is 10.3. The van der Waals surface area contributed by atoms with Gasteiger partial charge in [0.1, 0.15) is 5.84 Å². The molecule has 0 spiro atoms. The largest absolute Gasteiger partial charge is 0.384 e. The molecule has 0 saturated heterocycles. The highest BCUT2D eigenvalue weighted by atomic mass is 32.2. The second-order valence-corrected chi connectivity index (χ2v) is 4.81. The average molecular weight is 243 g/mol. The van der Waals surface area contributed by atoms with Crippen molar-refractivity contribution in [1.29, 1.82) is 5.41 Å². The Balaban J connectivity index is 2.36. The monoisotopic (exact) mass is 243 g/mol. The summed E-state index contributed by atoms with van der Waals surface area (Å²) in [5, 5.41) is 7.59. The SMILES string of the molecule is Cc1ccc(Sc2ccncc2)c(C(=N)N)c1. The Kier molecular flexibility index (Phi) is 3.44. The number of hydrogen-bond acceptors (Lipinski definition) is 3. The lowest BCUT2D eigenvalue weighted by atomic mass is 10.1. The molecule has 3 nitrogen and oxygen atoms in total. The fourth-order valence-electron chi connectivity index (χ4n) is 1.48. The molecule has 0 bridgehead atoms. The second kappa shape index (κ2) is 5.01. The Labute approximate surface area is 105 Å². The molecule has 4 heteroatoms. The van der Waals surface area contributed by atoms with E-state index in [1.807, 2.05) is 37.3 Å². The Bertz CT molecular complexity index is 538. The van der Waals surface area contributed by atoms with Gasteiger partial charge in [-0.1, -0.05) is 23.4 Å². The van der Waals surface area contributed by atoms with Gasteiger partial charge in [-0.3, -0.25) is 10.4 Å². The fraction of sp³-hybridized carbons (Fsp3) is 0.0769. The summed E-state index contributed by atoms with van der Waals surface area (Å²) in [7, 11) is 0.